The molecule has 0 saturated heterocycles. The van der Waals surface area contributed by atoms with Crippen LogP contribution in [0.3, 0.4) is 0 Å². The van der Waals surface area contributed by atoms with Gasteiger partial charge in [-0.2, -0.15) is 0 Å². The summed E-state index contributed by atoms with van der Waals surface area (Å²) in [5, 5.41) is 0.896. The van der Waals surface area contributed by atoms with Crippen molar-refractivity contribution in [1.82, 2.24) is 4.98 Å². The molecule has 2 atom stereocenters. The highest BCUT2D eigenvalue weighted by Gasteiger charge is 2.30. The number of thiophene rings is 1. The monoisotopic (exact) mass is 332 g/mol. The SMILES string of the molecule is CCOC(=O)c1sc2nc3c(cc2c1N)[C@@H](C)CC[C@@H]3C(C)C. The Morgan fingerprint density at radius 2 is 2.22 bits per heavy atom. The predicted molar refractivity (Wildman–Crippen MR) is 95.2 cm³/mol. The van der Waals surface area contributed by atoms with E-state index < -0.39 is 0 Å². The maximum Gasteiger partial charge on any atom is 0.350 e. The van der Waals surface area contributed by atoms with Crippen LogP contribution in [0.5, 0.6) is 0 Å². The van der Waals surface area contributed by atoms with E-state index in [0.29, 0.717) is 34.9 Å². The smallest absolute Gasteiger partial charge is 0.350 e. The van der Waals surface area contributed by atoms with E-state index in [-0.39, 0.29) is 5.97 Å². The summed E-state index contributed by atoms with van der Waals surface area (Å²) in [5.74, 6) is 1.19. The summed E-state index contributed by atoms with van der Waals surface area (Å²) in [6, 6.07) is 2.16. The van der Waals surface area contributed by atoms with E-state index in [9.17, 15) is 4.79 Å². The summed E-state index contributed by atoms with van der Waals surface area (Å²) in [7, 11) is 0. The van der Waals surface area contributed by atoms with Crippen LogP contribution < -0.4 is 5.73 Å². The first-order chi connectivity index (χ1) is 10.9. The van der Waals surface area contributed by atoms with Crippen LogP contribution >= 0.6 is 11.3 Å². The maximum atomic E-state index is 12.1. The van der Waals surface area contributed by atoms with Gasteiger partial charge in [0, 0.05) is 17.0 Å². The minimum absolute atomic E-state index is 0.348. The normalized spacial score (nSPS) is 20.7. The summed E-state index contributed by atoms with van der Waals surface area (Å²) < 4.78 is 5.11. The van der Waals surface area contributed by atoms with Crippen molar-refractivity contribution < 1.29 is 9.53 Å². The predicted octanol–water partition coefficient (Wildman–Crippen LogP) is 4.69. The lowest BCUT2D eigenvalue weighted by Crippen LogP contribution is -2.18. The van der Waals surface area contributed by atoms with Crippen LogP contribution in [0.1, 0.15) is 73.3 Å². The molecule has 4 nitrogen and oxygen atoms in total. The van der Waals surface area contributed by atoms with Gasteiger partial charge in [-0.3, -0.25) is 0 Å². The third kappa shape index (κ3) is 2.71. The molecule has 2 aromatic rings. The Morgan fingerprint density at radius 3 is 2.87 bits per heavy atom. The molecule has 0 spiro atoms. The maximum absolute atomic E-state index is 12.1. The minimum atomic E-state index is -0.348. The fourth-order valence-electron chi connectivity index (χ4n) is 3.48. The van der Waals surface area contributed by atoms with Crippen molar-refractivity contribution >= 4 is 33.2 Å². The van der Waals surface area contributed by atoms with E-state index in [0.717, 1.165) is 10.2 Å². The van der Waals surface area contributed by atoms with E-state index in [1.807, 2.05) is 0 Å². The van der Waals surface area contributed by atoms with Gasteiger partial charge in [0.1, 0.15) is 9.71 Å². The van der Waals surface area contributed by atoms with E-state index in [1.54, 1.807) is 6.92 Å². The van der Waals surface area contributed by atoms with Gasteiger partial charge in [-0.25, -0.2) is 9.78 Å². The number of hydrogen-bond acceptors (Lipinski definition) is 5. The second-order valence-corrected chi connectivity index (χ2v) is 7.71. The number of carbonyl (C=O) groups is 1. The fraction of sp³-hybridized carbons (Fsp3) is 0.556. The molecule has 0 saturated carbocycles. The van der Waals surface area contributed by atoms with Gasteiger partial charge in [0.2, 0.25) is 0 Å². The Morgan fingerprint density at radius 1 is 1.48 bits per heavy atom. The molecule has 0 bridgehead atoms. The van der Waals surface area contributed by atoms with Crippen LogP contribution in [0, 0.1) is 5.92 Å². The zero-order chi connectivity index (χ0) is 16.7. The van der Waals surface area contributed by atoms with Crippen molar-refractivity contribution in [2.45, 2.75) is 52.4 Å². The molecule has 2 N–H and O–H groups in total. The summed E-state index contributed by atoms with van der Waals surface area (Å²) in [4.78, 5) is 18.3. The Hall–Kier alpha value is -1.62. The number of fused-ring (bicyclic) bond motifs is 2. The molecule has 2 aromatic heterocycles. The van der Waals surface area contributed by atoms with Crippen molar-refractivity contribution in [1.29, 1.82) is 0 Å². The number of nitrogens with zero attached hydrogens (tertiary/aromatic N) is 1. The van der Waals surface area contributed by atoms with Gasteiger partial charge in [0.15, 0.2) is 0 Å². The van der Waals surface area contributed by atoms with Gasteiger partial charge in [-0.15, -0.1) is 11.3 Å². The Bertz CT molecular complexity index is 751. The summed E-state index contributed by atoms with van der Waals surface area (Å²) in [6.07, 6.45) is 2.35. The molecular formula is C18H24N2O2S. The van der Waals surface area contributed by atoms with Gasteiger partial charge in [-0.1, -0.05) is 20.8 Å². The van der Waals surface area contributed by atoms with E-state index in [4.69, 9.17) is 15.5 Å². The zero-order valence-corrected chi connectivity index (χ0v) is 15.0. The highest BCUT2D eigenvalue weighted by Crippen LogP contribution is 2.44. The first kappa shape index (κ1) is 16.2. The van der Waals surface area contributed by atoms with Crippen molar-refractivity contribution in [2.24, 2.45) is 5.92 Å². The van der Waals surface area contributed by atoms with Crippen LogP contribution in [0.15, 0.2) is 6.07 Å². The highest BCUT2D eigenvalue weighted by atomic mass is 32.1. The molecule has 1 aliphatic carbocycles. The number of nitrogens with two attached hydrogens (primary N) is 1. The van der Waals surface area contributed by atoms with E-state index in [2.05, 4.69) is 26.8 Å². The van der Waals surface area contributed by atoms with Gasteiger partial charge in [0.05, 0.1) is 12.3 Å². The lowest BCUT2D eigenvalue weighted by atomic mass is 9.75. The van der Waals surface area contributed by atoms with Crippen LogP contribution in [-0.2, 0) is 4.74 Å². The quantitative estimate of drug-likeness (QED) is 0.828. The zero-order valence-electron chi connectivity index (χ0n) is 14.2. The van der Waals surface area contributed by atoms with Crippen LogP contribution in [0.2, 0.25) is 0 Å². The minimum Gasteiger partial charge on any atom is -0.462 e. The van der Waals surface area contributed by atoms with Crippen LogP contribution in [-0.4, -0.2) is 17.6 Å². The first-order valence-corrected chi connectivity index (χ1v) is 9.15. The number of ether oxygens (including phenoxy) is 1. The largest absolute Gasteiger partial charge is 0.462 e. The second-order valence-electron chi connectivity index (χ2n) is 6.71. The molecule has 124 valence electrons. The molecule has 2 heterocycles. The summed E-state index contributed by atoms with van der Waals surface area (Å²) in [6.45, 7) is 8.90. The molecule has 0 radical (unpaired) electrons. The van der Waals surface area contributed by atoms with Crippen LogP contribution in [0.25, 0.3) is 10.2 Å². The third-order valence-electron chi connectivity index (χ3n) is 4.84. The molecule has 0 amide bonds. The van der Waals surface area contributed by atoms with Gasteiger partial charge in [-0.05, 0) is 43.2 Å². The number of carbonyl (C=O) groups excluding carboxylic acids is 1. The van der Waals surface area contributed by atoms with Gasteiger partial charge in [0.25, 0.3) is 0 Å². The van der Waals surface area contributed by atoms with Gasteiger partial charge >= 0.3 is 5.97 Å². The number of rotatable bonds is 3. The summed E-state index contributed by atoms with van der Waals surface area (Å²) in [5.41, 5.74) is 9.22. The molecule has 0 unspecified atom stereocenters. The van der Waals surface area contributed by atoms with Crippen molar-refractivity contribution in [3.63, 3.8) is 0 Å². The molecule has 0 aromatic carbocycles. The van der Waals surface area contributed by atoms with Crippen molar-refractivity contribution in [2.75, 3.05) is 12.3 Å². The molecule has 0 fully saturated rings. The first-order valence-electron chi connectivity index (χ1n) is 8.33. The highest BCUT2D eigenvalue weighted by molar-refractivity contribution is 7.21. The topological polar surface area (TPSA) is 65.2 Å². The number of hydrogen-bond donors (Lipinski definition) is 1. The van der Waals surface area contributed by atoms with Gasteiger partial charge < -0.3 is 10.5 Å². The molecule has 1 aliphatic rings. The Kier molecular flexibility index (Phi) is 4.32. The molecule has 5 heteroatoms. The third-order valence-corrected chi connectivity index (χ3v) is 5.94. The number of anilines is 1. The van der Waals surface area contributed by atoms with Crippen molar-refractivity contribution in [3.05, 3.63) is 22.2 Å². The summed E-state index contributed by atoms with van der Waals surface area (Å²) >= 11 is 1.35. The molecule has 23 heavy (non-hydrogen) atoms. The number of nitrogen functional groups attached to an aromatic ring is 1. The lowest BCUT2D eigenvalue weighted by Gasteiger charge is -2.31. The van der Waals surface area contributed by atoms with E-state index in [1.165, 1.54) is 35.4 Å². The van der Waals surface area contributed by atoms with E-state index >= 15 is 0 Å². The average Bonchev–Trinajstić information content (AvgIpc) is 2.83. The Balaban J connectivity index is 2.16. The second kappa shape index (κ2) is 6.11. The van der Waals surface area contributed by atoms with Crippen molar-refractivity contribution in [3.8, 4) is 0 Å². The average molecular weight is 332 g/mol. The molecule has 0 aliphatic heterocycles. The number of aromatic nitrogens is 1. The number of pyridine rings is 1. The molecule has 3 rings (SSSR count). The standard InChI is InChI=1S/C18H24N2O2S/c1-5-22-18(21)16-14(19)13-8-12-10(4)6-7-11(9(2)3)15(12)20-17(13)23-16/h8-11H,5-7,19H2,1-4H3/t10-,11+/m0/s1. The number of esters is 1. The molecular weight excluding hydrogens is 308 g/mol. The van der Waals surface area contributed by atoms with Crippen LogP contribution in [0.4, 0.5) is 5.69 Å². The lowest BCUT2D eigenvalue weighted by molar-refractivity contribution is 0.0533. The Labute approximate surface area is 141 Å². The fourth-order valence-corrected chi connectivity index (χ4v) is 4.46.